The number of aromatic nitrogens is 2. The van der Waals surface area contributed by atoms with Crippen molar-refractivity contribution in [2.45, 2.75) is 17.7 Å². The summed E-state index contributed by atoms with van der Waals surface area (Å²) in [5.41, 5.74) is 6.69. The van der Waals surface area contributed by atoms with Gasteiger partial charge in [-0.3, -0.25) is 4.68 Å². The van der Waals surface area contributed by atoms with Crippen molar-refractivity contribution in [3.63, 3.8) is 0 Å². The first kappa shape index (κ1) is 11.9. The van der Waals surface area contributed by atoms with Gasteiger partial charge in [0.05, 0.1) is 12.5 Å². The largest absolute Gasteiger partial charge is 0.494 e. The highest BCUT2D eigenvalue weighted by Crippen LogP contribution is 2.29. The second-order valence-corrected chi connectivity index (χ2v) is 4.44. The number of nitrogens with zero attached hydrogens (tertiary/aromatic N) is 2. The van der Waals surface area contributed by atoms with Crippen molar-refractivity contribution in [1.82, 2.24) is 9.78 Å². The molecule has 5 heteroatoms. The fourth-order valence-corrected chi connectivity index (χ4v) is 2.27. The molecule has 0 saturated carbocycles. The Bertz CT molecular complexity index is 471. The Kier molecular flexibility index (Phi) is 3.93. The molecule has 0 aliphatic carbocycles. The molecule has 2 aromatic rings. The van der Waals surface area contributed by atoms with Crippen LogP contribution in [0.15, 0.2) is 41.6 Å². The first-order valence-electron chi connectivity index (χ1n) is 5.42. The van der Waals surface area contributed by atoms with Crippen molar-refractivity contribution in [3.05, 3.63) is 36.7 Å². The summed E-state index contributed by atoms with van der Waals surface area (Å²) in [6.07, 6.45) is 3.69. The lowest BCUT2D eigenvalue weighted by atomic mass is 10.3. The Balaban J connectivity index is 2.06. The van der Waals surface area contributed by atoms with Gasteiger partial charge in [-0.05, 0) is 31.2 Å². The normalized spacial score (nSPS) is 10.4. The summed E-state index contributed by atoms with van der Waals surface area (Å²) in [5, 5.41) is 4.14. The van der Waals surface area contributed by atoms with E-state index in [0.717, 1.165) is 22.2 Å². The lowest BCUT2D eigenvalue weighted by Gasteiger charge is -2.09. The number of rotatable bonds is 5. The van der Waals surface area contributed by atoms with Crippen LogP contribution in [0.2, 0.25) is 0 Å². The first-order valence-corrected chi connectivity index (χ1v) is 6.40. The summed E-state index contributed by atoms with van der Waals surface area (Å²) in [6.45, 7) is 2.63. The first-order chi connectivity index (χ1) is 8.29. The minimum Gasteiger partial charge on any atom is -0.494 e. The maximum atomic E-state index is 5.92. The Morgan fingerprint density at radius 3 is 3.06 bits per heavy atom. The van der Waals surface area contributed by atoms with E-state index in [-0.39, 0.29) is 0 Å². The molecule has 0 fully saturated rings. The Morgan fingerprint density at radius 1 is 1.47 bits per heavy atom. The van der Waals surface area contributed by atoms with Gasteiger partial charge in [0.25, 0.3) is 0 Å². The molecule has 2 rings (SSSR count). The molecule has 90 valence electrons. The molecule has 1 aromatic carbocycles. The maximum absolute atomic E-state index is 5.92. The SMILES string of the molecule is CCOc1ccc(N)c(SCn2cccn2)c1. The van der Waals surface area contributed by atoms with Crippen LogP contribution in [0, 0.1) is 0 Å². The summed E-state index contributed by atoms with van der Waals surface area (Å²) in [4.78, 5) is 1.02. The summed E-state index contributed by atoms with van der Waals surface area (Å²) < 4.78 is 7.31. The third-order valence-corrected chi connectivity index (χ3v) is 3.27. The van der Waals surface area contributed by atoms with Crippen molar-refractivity contribution in [2.75, 3.05) is 12.3 Å². The quantitative estimate of drug-likeness (QED) is 0.653. The van der Waals surface area contributed by atoms with Crippen molar-refractivity contribution in [3.8, 4) is 5.75 Å². The molecule has 1 aromatic heterocycles. The molecule has 0 amide bonds. The van der Waals surface area contributed by atoms with Gasteiger partial charge in [0.15, 0.2) is 0 Å². The van der Waals surface area contributed by atoms with E-state index in [9.17, 15) is 0 Å². The zero-order valence-electron chi connectivity index (χ0n) is 9.67. The third-order valence-electron chi connectivity index (χ3n) is 2.21. The van der Waals surface area contributed by atoms with Crippen LogP contribution >= 0.6 is 11.8 Å². The molecule has 0 saturated heterocycles. The van der Waals surface area contributed by atoms with Crippen LogP contribution in [0.5, 0.6) is 5.75 Å². The van der Waals surface area contributed by atoms with E-state index in [1.54, 1.807) is 18.0 Å². The van der Waals surface area contributed by atoms with Gasteiger partial charge in [-0.1, -0.05) is 0 Å². The summed E-state index contributed by atoms with van der Waals surface area (Å²) in [7, 11) is 0. The predicted octanol–water partition coefficient (Wildman–Crippen LogP) is 2.61. The highest BCUT2D eigenvalue weighted by Gasteiger charge is 2.03. The van der Waals surface area contributed by atoms with Crippen LogP contribution in [0.25, 0.3) is 0 Å². The van der Waals surface area contributed by atoms with Crippen LogP contribution < -0.4 is 10.5 Å². The van der Waals surface area contributed by atoms with Gasteiger partial charge in [0.2, 0.25) is 0 Å². The molecule has 0 radical (unpaired) electrons. The Morgan fingerprint density at radius 2 is 2.35 bits per heavy atom. The van der Waals surface area contributed by atoms with Gasteiger partial charge >= 0.3 is 0 Å². The molecule has 0 bridgehead atoms. The summed E-state index contributed by atoms with van der Waals surface area (Å²) in [5.74, 6) is 1.59. The number of thioether (sulfide) groups is 1. The molecule has 0 atom stereocenters. The average molecular weight is 249 g/mol. The van der Waals surface area contributed by atoms with Crippen molar-refractivity contribution >= 4 is 17.4 Å². The standard InChI is InChI=1S/C12H15N3OS/c1-2-16-10-4-5-11(13)12(8-10)17-9-15-7-3-6-14-15/h3-8H,2,9,13H2,1H3. The van der Waals surface area contributed by atoms with E-state index in [1.807, 2.05) is 42.1 Å². The zero-order valence-corrected chi connectivity index (χ0v) is 10.5. The highest BCUT2D eigenvalue weighted by atomic mass is 32.2. The number of anilines is 1. The molecule has 0 unspecified atom stereocenters. The molecule has 0 spiro atoms. The van der Waals surface area contributed by atoms with Gasteiger partial charge in [-0.2, -0.15) is 5.10 Å². The van der Waals surface area contributed by atoms with Crippen molar-refractivity contribution in [1.29, 1.82) is 0 Å². The van der Waals surface area contributed by atoms with Crippen LogP contribution in [0.1, 0.15) is 6.92 Å². The highest BCUT2D eigenvalue weighted by molar-refractivity contribution is 7.98. The van der Waals surface area contributed by atoms with Crippen molar-refractivity contribution in [2.24, 2.45) is 0 Å². The van der Waals surface area contributed by atoms with E-state index < -0.39 is 0 Å². The van der Waals surface area contributed by atoms with Crippen LogP contribution in [-0.4, -0.2) is 16.4 Å². The van der Waals surface area contributed by atoms with Gasteiger partial charge < -0.3 is 10.5 Å². The lowest BCUT2D eigenvalue weighted by Crippen LogP contribution is -1.97. The maximum Gasteiger partial charge on any atom is 0.120 e. The molecule has 1 heterocycles. The summed E-state index contributed by atoms with van der Waals surface area (Å²) >= 11 is 1.64. The molecule has 2 N–H and O–H groups in total. The van der Waals surface area contributed by atoms with Gasteiger partial charge in [0, 0.05) is 23.0 Å². The second kappa shape index (κ2) is 5.63. The van der Waals surface area contributed by atoms with E-state index >= 15 is 0 Å². The molecular formula is C12H15N3OS. The van der Waals surface area contributed by atoms with E-state index in [1.165, 1.54) is 0 Å². The van der Waals surface area contributed by atoms with E-state index in [0.29, 0.717) is 6.61 Å². The van der Waals surface area contributed by atoms with E-state index in [4.69, 9.17) is 10.5 Å². The number of benzene rings is 1. The second-order valence-electron chi connectivity index (χ2n) is 3.45. The number of hydrogen-bond acceptors (Lipinski definition) is 4. The van der Waals surface area contributed by atoms with Crippen molar-refractivity contribution < 1.29 is 4.74 Å². The zero-order chi connectivity index (χ0) is 12.1. The summed E-state index contributed by atoms with van der Waals surface area (Å²) in [6, 6.07) is 7.63. The Hall–Kier alpha value is -1.62. The molecule has 4 nitrogen and oxygen atoms in total. The Labute approximate surface area is 105 Å². The van der Waals surface area contributed by atoms with Gasteiger partial charge in [-0.15, -0.1) is 11.8 Å². The molecule has 0 aliphatic rings. The molecule has 0 aliphatic heterocycles. The van der Waals surface area contributed by atoms with Gasteiger partial charge in [-0.25, -0.2) is 0 Å². The molecular weight excluding hydrogens is 234 g/mol. The number of nitrogens with two attached hydrogens (primary N) is 1. The molecule has 17 heavy (non-hydrogen) atoms. The number of nitrogen functional groups attached to an aromatic ring is 1. The van der Waals surface area contributed by atoms with Crippen LogP contribution in [0.3, 0.4) is 0 Å². The minimum absolute atomic E-state index is 0.660. The number of ether oxygens (including phenoxy) is 1. The average Bonchev–Trinajstić information content (AvgIpc) is 2.83. The fraction of sp³-hybridized carbons (Fsp3) is 0.250. The van der Waals surface area contributed by atoms with E-state index in [2.05, 4.69) is 5.10 Å². The minimum atomic E-state index is 0.660. The van der Waals surface area contributed by atoms with Crippen LogP contribution in [0.4, 0.5) is 5.69 Å². The third kappa shape index (κ3) is 3.17. The number of hydrogen-bond donors (Lipinski definition) is 1. The predicted molar refractivity (Wildman–Crippen MR) is 70.1 cm³/mol. The smallest absolute Gasteiger partial charge is 0.120 e. The van der Waals surface area contributed by atoms with Gasteiger partial charge in [0.1, 0.15) is 5.75 Å². The fourth-order valence-electron chi connectivity index (χ4n) is 1.41. The topological polar surface area (TPSA) is 53.1 Å². The monoisotopic (exact) mass is 249 g/mol. The lowest BCUT2D eigenvalue weighted by molar-refractivity contribution is 0.339. The van der Waals surface area contributed by atoms with Crippen LogP contribution in [-0.2, 0) is 5.88 Å².